The zero-order valence-corrected chi connectivity index (χ0v) is 7.72. The quantitative estimate of drug-likeness (QED) is 0.641. The lowest BCUT2D eigenvalue weighted by Crippen LogP contribution is -2.25. The summed E-state index contributed by atoms with van der Waals surface area (Å²) in [5, 5.41) is 0. The van der Waals surface area contributed by atoms with Crippen LogP contribution < -0.4 is 4.90 Å². The number of nitrogens with zero attached hydrogens (tertiary/aromatic N) is 3. The van der Waals surface area contributed by atoms with Crippen molar-refractivity contribution in [3.05, 3.63) is 18.5 Å². The van der Waals surface area contributed by atoms with E-state index in [1.54, 1.807) is 0 Å². The molecule has 0 amide bonds. The fourth-order valence-corrected chi connectivity index (χ4v) is 2.44. The summed E-state index contributed by atoms with van der Waals surface area (Å²) >= 11 is 0. The Labute approximate surface area is 77.8 Å². The van der Waals surface area contributed by atoms with Gasteiger partial charge >= 0.3 is 0 Å². The Morgan fingerprint density at radius 3 is 2.46 bits per heavy atom. The van der Waals surface area contributed by atoms with Crippen LogP contribution in [0.5, 0.6) is 0 Å². The van der Waals surface area contributed by atoms with Gasteiger partial charge in [0.05, 0.1) is 0 Å². The zero-order chi connectivity index (χ0) is 8.84. The van der Waals surface area contributed by atoms with Gasteiger partial charge in [-0.15, -0.1) is 0 Å². The second kappa shape index (κ2) is 2.44. The first-order chi connectivity index (χ1) is 6.36. The minimum Gasteiger partial charge on any atom is -0.340 e. The molecule has 0 bridgehead atoms. The first-order valence-corrected chi connectivity index (χ1v) is 4.88. The smallest absolute Gasteiger partial charge is 0.225 e. The zero-order valence-electron chi connectivity index (χ0n) is 7.72. The predicted molar refractivity (Wildman–Crippen MR) is 50.4 cm³/mol. The van der Waals surface area contributed by atoms with Crippen LogP contribution in [0, 0.1) is 17.8 Å². The molecule has 13 heavy (non-hydrogen) atoms. The maximum Gasteiger partial charge on any atom is 0.225 e. The molecule has 3 heteroatoms. The molecule has 1 aromatic rings. The maximum absolute atomic E-state index is 4.26. The van der Waals surface area contributed by atoms with E-state index in [2.05, 4.69) is 21.8 Å². The molecule has 2 heterocycles. The van der Waals surface area contributed by atoms with Crippen LogP contribution in [0.1, 0.15) is 6.92 Å². The summed E-state index contributed by atoms with van der Waals surface area (Å²) in [5.41, 5.74) is 0. The molecule has 1 saturated carbocycles. The van der Waals surface area contributed by atoms with Gasteiger partial charge in [-0.1, -0.05) is 6.92 Å². The molecule has 0 radical (unpaired) electrons. The van der Waals surface area contributed by atoms with Crippen molar-refractivity contribution in [2.24, 2.45) is 17.8 Å². The van der Waals surface area contributed by atoms with Crippen LogP contribution in [0.3, 0.4) is 0 Å². The van der Waals surface area contributed by atoms with E-state index < -0.39 is 0 Å². The molecule has 1 aliphatic heterocycles. The number of rotatable bonds is 1. The standard InChI is InChI=1S/C10H13N3/c1-7-8-5-13(6-9(7)8)10-11-3-2-4-12-10/h2-4,7-9H,5-6H2,1H3/t7?,8-,9+. The van der Waals surface area contributed by atoms with Crippen LogP contribution in [0.25, 0.3) is 0 Å². The highest BCUT2D eigenvalue weighted by atomic mass is 15.3. The summed E-state index contributed by atoms with van der Waals surface area (Å²) in [6, 6.07) is 1.86. The lowest BCUT2D eigenvalue weighted by atomic mass is 10.3. The first-order valence-electron chi connectivity index (χ1n) is 4.88. The van der Waals surface area contributed by atoms with Gasteiger partial charge in [-0.05, 0) is 23.8 Å². The summed E-state index contributed by atoms with van der Waals surface area (Å²) < 4.78 is 0. The third-order valence-corrected chi connectivity index (χ3v) is 3.46. The van der Waals surface area contributed by atoms with Gasteiger partial charge in [0.2, 0.25) is 5.95 Å². The van der Waals surface area contributed by atoms with Crippen molar-refractivity contribution in [2.45, 2.75) is 6.92 Å². The van der Waals surface area contributed by atoms with Gasteiger partial charge in [0.25, 0.3) is 0 Å². The SMILES string of the molecule is CC1[C@H]2CN(c3ncccn3)C[C@@H]12. The van der Waals surface area contributed by atoms with Crippen molar-refractivity contribution in [2.75, 3.05) is 18.0 Å². The van der Waals surface area contributed by atoms with E-state index in [9.17, 15) is 0 Å². The molecular weight excluding hydrogens is 162 g/mol. The number of hydrogen-bond donors (Lipinski definition) is 0. The first kappa shape index (κ1) is 7.30. The Balaban J connectivity index is 1.76. The molecular formula is C10H13N3. The van der Waals surface area contributed by atoms with Crippen LogP contribution in [0.15, 0.2) is 18.5 Å². The van der Waals surface area contributed by atoms with E-state index in [-0.39, 0.29) is 0 Å². The highest BCUT2D eigenvalue weighted by molar-refractivity contribution is 5.34. The third-order valence-electron chi connectivity index (χ3n) is 3.46. The van der Waals surface area contributed by atoms with Crippen molar-refractivity contribution < 1.29 is 0 Å². The molecule has 2 fully saturated rings. The van der Waals surface area contributed by atoms with Crippen LogP contribution in [-0.2, 0) is 0 Å². The second-order valence-corrected chi connectivity index (χ2v) is 4.14. The maximum atomic E-state index is 4.26. The van der Waals surface area contributed by atoms with Crippen LogP contribution in [0.2, 0.25) is 0 Å². The van der Waals surface area contributed by atoms with Gasteiger partial charge in [0, 0.05) is 25.5 Å². The lowest BCUT2D eigenvalue weighted by Gasteiger charge is -2.17. The van der Waals surface area contributed by atoms with Crippen molar-refractivity contribution >= 4 is 5.95 Å². The average Bonchev–Trinajstić information content (AvgIpc) is 2.67. The molecule has 1 aliphatic carbocycles. The van der Waals surface area contributed by atoms with Gasteiger partial charge in [-0.25, -0.2) is 9.97 Å². The second-order valence-electron chi connectivity index (χ2n) is 4.14. The number of fused-ring (bicyclic) bond motifs is 1. The van der Waals surface area contributed by atoms with E-state index in [0.29, 0.717) is 0 Å². The fourth-order valence-electron chi connectivity index (χ4n) is 2.44. The van der Waals surface area contributed by atoms with E-state index >= 15 is 0 Å². The number of aromatic nitrogens is 2. The van der Waals surface area contributed by atoms with Gasteiger partial charge in [-0.3, -0.25) is 0 Å². The van der Waals surface area contributed by atoms with Gasteiger partial charge in [0.15, 0.2) is 0 Å². The minimum absolute atomic E-state index is 0.905. The molecule has 1 unspecified atom stereocenters. The van der Waals surface area contributed by atoms with Crippen molar-refractivity contribution in [3.63, 3.8) is 0 Å². The summed E-state index contributed by atoms with van der Waals surface area (Å²) in [6.07, 6.45) is 3.63. The molecule has 2 aliphatic rings. The summed E-state index contributed by atoms with van der Waals surface area (Å²) in [5.74, 6) is 3.69. The molecule has 0 spiro atoms. The average molecular weight is 175 g/mol. The van der Waals surface area contributed by atoms with Gasteiger partial charge in [0.1, 0.15) is 0 Å². The summed E-state index contributed by atoms with van der Waals surface area (Å²) in [7, 11) is 0. The molecule has 68 valence electrons. The normalized spacial score (nSPS) is 36.1. The van der Waals surface area contributed by atoms with E-state index in [1.165, 1.54) is 0 Å². The van der Waals surface area contributed by atoms with E-state index in [1.807, 2.05) is 18.5 Å². The topological polar surface area (TPSA) is 29.0 Å². The molecule has 1 aromatic heterocycles. The van der Waals surface area contributed by atoms with Crippen LogP contribution in [-0.4, -0.2) is 23.1 Å². The molecule has 0 N–H and O–H groups in total. The molecule has 1 saturated heterocycles. The molecule has 3 rings (SSSR count). The Bertz CT molecular complexity index is 299. The lowest BCUT2D eigenvalue weighted by molar-refractivity contribution is 0.677. The van der Waals surface area contributed by atoms with E-state index in [4.69, 9.17) is 0 Å². The van der Waals surface area contributed by atoms with E-state index in [0.717, 1.165) is 36.8 Å². The highest BCUT2D eigenvalue weighted by Gasteiger charge is 2.53. The Hall–Kier alpha value is -1.12. The molecule has 3 nitrogen and oxygen atoms in total. The van der Waals surface area contributed by atoms with Crippen molar-refractivity contribution in [3.8, 4) is 0 Å². The fraction of sp³-hybridized carbons (Fsp3) is 0.600. The van der Waals surface area contributed by atoms with Crippen molar-refractivity contribution in [1.82, 2.24) is 9.97 Å². The minimum atomic E-state index is 0.905. The van der Waals surface area contributed by atoms with Crippen molar-refractivity contribution in [1.29, 1.82) is 0 Å². The summed E-state index contributed by atoms with van der Waals surface area (Å²) in [6.45, 7) is 4.67. The van der Waals surface area contributed by atoms with Gasteiger partial charge < -0.3 is 4.90 Å². The number of anilines is 1. The highest BCUT2D eigenvalue weighted by Crippen LogP contribution is 2.51. The third kappa shape index (κ3) is 1.03. The monoisotopic (exact) mass is 175 g/mol. The number of hydrogen-bond acceptors (Lipinski definition) is 3. The largest absolute Gasteiger partial charge is 0.340 e. The molecule has 0 aromatic carbocycles. The number of piperidine rings is 1. The van der Waals surface area contributed by atoms with Gasteiger partial charge in [-0.2, -0.15) is 0 Å². The predicted octanol–water partition coefficient (Wildman–Crippen LogP) is 1.18. The Kier molecular flexibility index (Phi) is 1.37. The summed E-state index contributed by atoms with van der Waals surface area (Å²) in [4.78, 5) is 10.8. The van der Waals surface area contributed by atoms with Crippen LogP contribution >= 0.6 is 0 Å². The Morgan fingerprint density at radius 2 is 1.85 bits per heavy atom. The molecule has 3 atom stereocenters. The van der Waals surface area contributed by atoms with Crippen LogP contribution in [0.4, 0.5) is 5.95 Å². The Morgan fingerprint density at radius 1 is 1.23 bits per heavy atom.